The average Bonchev–Trinajstić information content (AvgIpc) is 3.02. The fourth-order valence-electron chi connectivity index (χ4n) is 3.35. The molecule has 1 aromatic rings. The minimum Gasteiger partial charge on any atom is -0.497 e. The molecule has 140 valence electrons. The summed E-state index contributed by atoms with van der Waals surface area (Å²) < 4.78 is 49.9. The summed E-state index contributed by atoms with van der Waals surface area (Å²) in [4.78, 5) is 0.0714. The second-order valence-corrected chi connectivity index (χ2v) is 8.13. The van der Waals surface area contributed by atoms with Crippen molar-refractivity contribution in [3.8, 4) is 11.5 Å². The summed E-state index contributed by atoms with van der Waals surface area (Å²) in [7, 11) is -0.785. The molecule has 1 aliphatic carbocycles. The molecule has 1 saturated heterocycles. The Morgan fingerprint density at radius 2 is 1.96 bits per heavy atom. The smallest absolute Gasteiger partial charge is 0.244 e. The van der Waals surface area contributed by atoms with Crippen molar-refractivity contribution in [2.75, 3.05) is 27.4 Å². The lowest BCUT2D eigenvalue weighted by Gasteiger charge is -2.31. The van der Waals surface area contributed by atoms with Crippen LogP contribution < -0.4 is 14.2 Å². The van der Waals surface area contributed by atoms with Gasteiger partial charge in [-0.3, -0.25) is 0 Å². The van der Waals surface area contributed by atoms with E-state index in [4.69, 9.17) is 18.9 Å². The summed E-state index contributed by atoms with van der Waals surface area (Å²) >= 11 is 0. The molecular formula is C17H25NO6S. The van der Waals surface area contributed by atoms with E-state index in [0.717, 1.165) is 25.7 Å². The maximum absolute atomic E-state index is 12.6. The number of sulfonamides is 1. The number of methoxy groups -OCH3 is 2. The first-order valence-corrected chi connectivity index (χ1v) is 10.00. The minimum atomic E-state index is -3.72. The number of hydrogen-bond acceptors (Lipinski definition) is 6. The molecule has 3 rings (SSSR count). The highest BCUT2D eigenvalue weighted by Gasteiger charge is 2.42. The van der Waals surface area contributed by atoms with E-state index in [0.29, 0.717) is 12.4 Å². The Hall–Kier alpha value is -1.35. The van der Waals surface area contributed by atoms with Crippen molar-refractivity contribution in [1.82, 2.24) is 4.72 Å². The third-order valence-corrected chi connectivity index (χ3v) is 6.15. The SMILES string of the molecule is COc1ccc(S(=O)(=O)NC[C@@H]2COC3(CCCCC3)O2)c(OC)c1. The van der Waals surface area contributed by atoms with Crippen LogP contribution in [-0.2, 0) is 19.5 Å². The summed E-state index contributed by atoms with van der Waals surface area (Å²) in [6.07, 6.45) is 4.84. The molecule has 1 spiro atoms. The van der Waals surface area contributed by atoms with Gasteiger partial charge in [-0.1, -0.05) is 6.42 Å². The standard InChI is InChI=1S/C17H25NO6S/c1-21-13-6-7-16(15(10-13)22-2)25(19,20)18-11-14-12-23-17(24-14)8-4-3-5-9-17/h6-7,10,14,18H,3-5,8-9,11-12H2,1-2H3/t14-/m1/s1. The Kier molecular flexibility index (Phi) is 5.52. The van der Waals surface area contributed by atoms with Crippen LogP contribution in [0, 0.1) is 0 Å². The normalized spacial score (nSPS) is 22.9. The third kappa shape index (κ3) is 4.08. The predicted molar refractivity (Wildman–Crippen MR) is 91.4 cm³/mol. The molecule has 25 heavy (non-hydrogen) atoms. The number of benzene rings is 1. The van der Waals surface area contributed by atoms with E-state index < -0.39 is 15.8 Å². The van der Waals surface area contributed by atoms with Crippen molar-refractivity contribution in [3.05, 3.63) is 18.2 Å². The second kappa shape index (κ2) is 7.49. The zero-order valence-electron chi connectivity index (χ0n) is 14.6. The zero-order chi connectivity index (χ0) is 17.9. The molecule has 1 heterocycles. The highest BCUT2D eigenvalue weighted by Crippen LogP contribution is 2.37. The first-order valence-electron chi connectivity index (χ1n) is 8.51. The highest BCUT2D eigenvalue weighted by molar-refractivity contribution is 7.89. The zero-order valence-corrected chi connectivity index (χ0v) is 15.4. The number of ether oxygens (including phenoxy) is 4. The van der Waals surface area contributed by atoms with Gasteiger partial charge in [0.15, 0.2) is 5.79 Å². The molecule has 2 aliphatic rings. The molecule has 1 aromatic carbocycles. The molecule has 0 bridgehead atoms. The summed E-state index contributed by atoms with van der Waals surface area (Å²) in [6.45, 7) is 0.571. The van der Waals surface area contributed by atoms with Gasteiger partial charge in [0.1, 0.15) is 16.4 Å². The Morgan fingerprint density at radius 3 is 2.64 bits per heavy atom. The quantitative estimate of drug-likeness (QED) is 0.824. The van der Waals surface area contributed by atoms with Gasteiger partial charge in [0, 0.05) is 25.5 Å². The van der Waals surface area contributed by atoms with Crippen LogP contribution in [0.2, 0.25) is 0 Å². The first kappa shape index (κ1) is 18.4. The molecule has 1 atom stereocenters. The molecule has 1 aliphatic heterocycles. The van der Waals surface area contributed by atoms with Crippen molar-refractivity contribution in [2.24, 2.45) is 0 Å². The molecule has 1 saturated carbocycles. The lowest BCUT2D eigenvalue weighted by atomic mass is 9.94. The van der Waals surface area contributed by atoms with Crippen LogP contribution in [0.15, 0.2) is 23.1 Å². The van der Waals surface area contributed by atoms with E-state index in [1.165, 1.54) is 26.7 Å². The van der Waals surface area contributed by atoms with Crippen LogP contribution in [0.25, 0.3) is 0 Å². The van der Waals surface area contributed by atoms with Gasteiger partial charge in [0.2, 0.25) is 10.0 Å². The van der Waals surface area contributed by atoms with Gasteiger partial charge >= 0.3 is 0 Å². The largest absolute Gasteiger partial charge is 0.497 e. The second-order valence-electron chi connectivity index (χ2n) is 6.39. The van der Waals surface area contributed by atoms with Crippen molar-refractivity contribution in [1.29, 1.82) is 0 Å². The fraction of sp³-hybridized carbons (Fsp3) is 0.647. The van der Waals surface area contributed by atoms with Crippen LogP contribution >= 0.6 is 0 Å². The summed E-state index contributed by atoms with van der Waals surface area (Å²) in [5, 5.41) is 0. The van der Waals surface area contributed by atoms with Crippen LogP contribution in [-0.4, -0.2) is 47.7 Å². The monoisotopic (exact) mass is 371 g/mol. The van der Waals surface area contributed by atoms with Gasteiger partial charge in [-0.15, -0.1) is 0 Å². The van der Waals surface area contributed by atoms with Crippen LogP contribution in [0.4, 0.5) is 0 Å². The van der Waals surface area contributed by atoms with Gasteiger partial charge in [0.25, 0.3) is 0 Å². The van der Waals surface area contributed by atoms with Crippen LogP contribution in [0.3, 0.4) is 0 Å². The lowest BCUT2D eigenvalue weighted by Crippen LogP contribution is -2.37. The van der Waals surface area contributed by atoms with Crippen molar-refractivity contribution in [3.63, 3.8) is 0 Å². The fourth-order valence-corrected chi connectivity index (χ4v) is 4.56. The van der Waals surface area contributed by atoms with E-state index in [1.807, 2.05) is 0 Å². The van der Waals surface area contributed by atoms with E-state index in [-0.39, 0.29) is 23.3 Å². The predicted octanol–water partition coefficient (Wildman–Crippen LogP) is 2.06. The molecule has 0 radical (unpaired) electrons. The Labute approximate surface area is 148 Å². The van der Waals surface area contributed by atoms with E-state index in [1.54, 1.807) is 12.1 Å². The lowest BCUT2D eigenvalue weighted by molar-refractivity contribution is -0.186. The van der Waals surface area contributed by atoms with Gasteiger partial charge < -0.3 is 18.9 Å². The molecule has 0 unspecified atom stereocenters. The average molecular weight is 371 g/mol. The number of nitrogens with one attached hydrogen (secondary N) is 1. The Morgan fingerprint density at radius 1 is 1.20 bits per heavy atom. The maximum atomic E-state index is 12.6. The minimum absolute atomic E-state index is 0.0714. The van der Waals surface area contributed by atoms with E-state index in [2.05, 4.69) is 4.72 Å². The van der Waals surface area contributed by atoms with Crippen molar-refractivity contribution in [2.45, 2.75) is 48.9 Å². The van der Waals surface area contributed by atoms with Gasteiger partial charge in [0.05, 0.1) is 26.9 Å². The summed E-state index contributed by atoms with van der Waals surface area (Å²) in [5.41, 5.74) is 0. The van der Waals surface area contributed by atoms with Gasteiger partial charge in [-0.05, 0) is 25.0 Å². The molecule has 8 heteroatoms. The van der Waals surface area contributed by atoms with Crippen LogP contribution in [0.5, 0.6) is 11.5 Å². The topological polar surface area (TPSA) is 83.1 Å². The van der Waals surface area contributed by atoms with Crippen molar-refractivity contribution >= 4 is 10.0 Å². The Bertz CT molecular complexity index is 699. The van der Waals surface area contributed by atoms with Crippen LogP contribution in [0.1, 0.15) is 32.1 Å². The third-order valence-electron chi connectivity index (χ3n) is 4.69. The van der Waals surface area contributed by atoms with Crippen molar-refractivity contribution < 1.29 is 27.4 Å². The highest BCUT2D eigenvalue weighted by atomic mass is 32.2. The summed E-state index contributed by atoms with van der Waals surface area (Å²) in [5.74, 6) is 0.258. The number of hydrogen-bond donors (Lipinski definition) is 1. The van der Waals surface area contributed by atoms with Gasteiger partial charge in [-0.2, -0.15) is 0 Å². The molecule has 2 fully saturated rings. The van der Waals surface area contributed by atoms with Gasteiger partial charge in [-0.25, -0.2) is 13.1 Å². The first-order chi connectivity index (χ1) is 12.0. The Balaban J connectivity index is 1.64. The molecule has 0 amide bonds. The van der Waals surface area contributed by atoms with E-state index in [9.17, 15) is 8.42 Å². The molecule has 1 N–H and O–H groups in total. The molecule has 0 aromatic heterocycles. The molecule has 7 nitrogen and oxygen atoms in total. The maximum Gasteiger partial charge on any atom is 0.244 e. The summed E-state index contributed by atoms with van der Waals surface area (Å²) in [6, 6.07) is 4.60. The number of rotatable bonds is 6. The van der Waals surface area contributed by atoms with E-state index >= 15 is 0 Å². The molecular weight excluding hydrogens is 346 g/mol.